The van der Waals surface area contributed by atoms with Crippen molar-refractivity contribution in [2.45, 2.75) is 52.9 Å². The van der Waals surface area contributed by atoms with Crippen molar-refractivity contribution >= 4 is 29.9 Å². The predicted molar refractivity (Wildman–Crippen MR) is 124 cm³/mol. The number of aliphatic imine (C=N–C) groups is 1. The van der Waals surface area contributed by atoms with Crippen LogP contribution in [0.2, 0.25) is 0 Å². The van der Waals surface area contributed by atoms with Gasteiger partial charge in [-0.05, 0) is 50.9 Å². The third-order valence-corrected chi connectivity index (χ3v) is 4.84. The lowest BCUT2D eigenvalue weighted by Crippen LogP contribution is -2.37. The molecule has 28 heavy (non-hydrogen) atoms. The monoisotopic (exact) mass is 497 g/mol. The van der Waals surface area contributed by atoms with Crippen molar-refractivity contribution < 1.29 is 0 Å². The zero-order valence-corrected chi connectivity index (χ0v) is 19.2. The summed E-state index contributed by atoms with van der Waals surface area (Å²) in [4.78, 5) is 7.22. The fraction of sp³-hybridized carbons (Fsp3) is 0.550. The summed E-state index contributed by atoms with van der Waals surface area (Å²) in [6, 6.07) is 8.83. The fourth-order valence-electron chi connectivity index (χ4n) is 3.30. The minimum absolute atomic E-state index is 0. The van der Waals surface area contributed by atoms with E-state index in [1.54, 1.807) is 6.33 Å². The normalized spacial score (nSPS) is 14.7. The number of benzene rings is 1. The highest BCUT2D eigenvalue weighted by molar-refractivity contribution is 14.0. The minimum atomic E-state index is 0. The summed E-state index contributed by atoms with van der Waals surface area (Å²) in [5.41, 5.74) is 2.60. The number of nitrogens with zero attached hydrogens (tertiary/aromatic N) is 5. The van der Waals surface area contributed by atoms with E-state index in [4.69, 9.17) is 4.99 Å². The SMILES string of the molecule is CCNC(=NCc1ccc(CN2CCCC2)cc1)NCc1nncn1CC.I. The summed E-state index contributed by atoms with van der Waals surface area (Å²) in [6.07, 6.45) is 4.42. The number of rotatable bonds is 8. The molecular formula is C20H32IN7. The molecule has 3 rings (SSSR count). The maximum atomic E-state index is 4.70. The predicted octanol–water partition coefficient (Wildman–Crippen LogP) is 2.77. The maximum absolute atomic E-state index is 4.70. The van der Waals surface area contributed by atoms with Crippen LogP contribution in [0.3, 0.4) is 0 Å². The van der Waals surface area contributed by atoms with E-state index in [-0.39, 0.29) is 24.0 Å². The molecule has 1 aliphatic heterocycles. The molecular weight excluding hydrogens is 465 g/mol. The Balaban J connectivity index is 0.00000280. The molecule has 0 spiro atoms. The van der Waals surface area contributed by atoms with Crippen LogP contribution in [0.4, 0.5) is 0 Å². The van der Waals surface area contributed by atoms with Gasteiger partial charge in [0.1, 0.15) is 6.33 Å². The minimum Gasteiger partial charge on any atom is -0.357 e. The van der Waals surface area contributed by atoms with Crippen LogP contribution in [0.25, 0.3) is 0 Å². The van der Waals surface area contributed by atoms with Gasteiger partial charge in [-0.15, -0.1) is 34.2 Å². The van der Waals surface area contributed by atoms with E-state index in [2.05, 4.69) is 63.8 Å². The van der Waals surface area contributed by atoms with E-state index >= 15 is 0 Å². The highest BCUT2D eigenvalue weighted by Crippen LogP contribution is 2.13. The van der Waals surface area contributed by atoms with Crippen LogP contribution < -0.4 is 10.6 Å². The number of aryl methyl sites for hydroxylation is 1. The van der Waals surface area contributed by atoms with Gasteiger partial charge in [0.15, 0.2) is 11.8 Å². The van der Waals surface area contributed by atoms with Crippen molar-refractivity contribution in [2.75, 3.05) is 19.6 Å². The molecule has 2 heterocycles. The highest BCUT2D eigenvalue weighted by Gasteiger charge is 2.11. The molecule has 2 N–H and O–H groups in total. The lowest BCUT2D eigenvalue weighted by atomic mass is 10.1. The van der Waals surface area contributed by atoms with Gasteiger partial charge in [-0.25, -0.2) is 4.99 Å². The van der Waals surface area contributed by atoms with Crippen LogP contribution in [-0.4, -0.2) is 45.3 Å². The molecule has 0 bridgehead atoms. The molecule has 7 nitrogen and oxygen atoms in total. The first-order valence-electron chi connectivity index (χ1n) is 9.97. The number of nitrogens with one attached hydrogen (secondary N) is 2. The second kappa shape index (κ2) is 12.0. The topological polar surface area (TPSA) is 70.4 Å². The van der Waals surface area contributed by atoms with Crippen LogP contribution >= 0.6 is 24.0 Å². The van der Waals surface area contributed by atoms with Crippen LogP contribution in [0.5, 0.6) is 0 Å². The van der Waals surface area contributed by atoms with Crippen LogP contribution in [-0.2, 0) is 26.2 Å². The Morgan fingerprint density at radius 2 is 1.79 bits per heavy atom. The molecule has 0 saturated carbocycles. The van der Waals surface area contributed by atoms with E-state index in [0.717, 1.165) is 31.4 Å². The number of halogens is 1. The number of hydrogen-bond acceptors (Lipinski definition) is 4. The van der Waals surface area contributed by atoms with E-state index in [1.807, 2.05) is 4.57 Å². The van der Waals surface area contributed by atoms with Gasteiger partial charge >= 0.3 is 0 Å². The van der Waals surface area contributed by atoms with Crippen molar-refractivity contribution in [3.63, 3.8) is 0 Å². The Kier molecular flexibility index (Phi) is 9.69. The molecule has 8 heteroatoms. The molecule has 154 valence electrons. The molecule has 1 saturated heterocycles. The first-order chi connectivity index (χ1) is 13.3. The second-order valence-corrected chi connectivity index (χ2v) is 6.88. The van der Waals surface area contributed by atoms with Crippen LogP contribution in [0.15, 0.2) is 35.6 Å². The standard InChI is InChI=1S/C20H31N7.HI/c1-3-21-20(23-14-19-25-24-16-27(19)4-2)22-13-17-7-9-18(10-8-17)15-26-11-5-6-12-26;/h7-10,16H,3-6,11-15H2,1-2H3,(H2,21,22,23);1H. The quantitative estimate of drug-likeness (QED) is 0.334. The van der Waals surface area contributed by atoms with E-state index in [1.165, 1.54) is 37.1 Å². The van der Waals surface area contributed by atoms with Gasteiger partial charge in [-0.3, -0.25) is 4.90 Å². The average Bonchev–Trinajstić information content (AvgIpc) is 3.36. The van der Waals surface area contributed by atoms with E-state index in [0.29, 0.717) is 13.1 Å². The van der Waals surface area contributed by atoms with Gasteiger partial charge in [0.05, 0.1) is 13.1 Å². The second-order valence-electron chi connectivity index (χ2n) is 6.88. The molecule has 0 aliphatic carbocycles. The fourth-order valence-corrected chi connectivity index (χ4v) is 3.30. The Labute approximate surface area is 185 Å². The highest BCUT2D eigenvalue weighted by atomic mass is 127. The van der Waals surface area contributed by atoms with Crippen molar-refractivity contribution in [1.82, 2.24) is 30.3 Å². The Bertz CT molecular complexity index is 720. The molecule has 1 fully saturated rings. The molecule has 1 aliphatic rings. The summed E-state index contributed by atoms with van der Waals surface area (Å²) >= 11 is 0. The van der Waals surface area contributed by atoms with Gasteiger partial charge in [0, 0.05) is 19.6 Å². The first-order valence-corrected chi connectivity index (χ1v) is 9.97. The molecule has 2 aromatic rings. The van der Waals surface area contributed by atoms with E-state index in [9.17, 15) is 0 Å². The van der Waals surface area contributed by atoms with Gasteiger partial charge in [0.2, 0.25) is 0 Å². The third-order valence-electron chi connectivity index (χ3n) is 4.84. The van der Waals surface area contributed by atoms with Crippen LogP contribution in [0.1, 0.15) is 43.6 Å². The zero-order chi connectivity index (χ0) is 18.9. The molecule has 1 aromatic carbocycles. The summed E-state index contributed by atoms with van der Waals surface area (Å²) in [5.74, 6) is 1.71. The largest absolute Gasteiger partial charge is 0.357 e. The van der Waals surface area contributed by atoms with Gasteiger partial charge in [-0.2, -0.15) is 0 Å². The van der Waals surface area contributed by atoms with Crippen molar-refractivity contribution in [2.24, 2.45) is 4.99 Å². The van der Waals surface area contributed by atoms with Gasteiger partial charge in [-0.1, -0.05) is 24.3 Å². The zero-order valence-electron chi connectivity index (χ0n) is 16.9. The van der Waals surface area contributed by atoms with Gasteiger partial charge < -0.3 is 15.2 Å². The van der Waals surface area contributed by atoms with Gasteiger partial charge in [0.25, 0.3) is 0 Å². The first kappa shape index (κ1) is 22.6. The van der Waals surface area contributed by atoms with Crippen molar-refractivity contribution in [3.8, 4) is 0 Å². The molecule has 1 aromatic heterocycles. The Morgan fingerprint density at radius 1 is 1.07 bits per heavy atom. The van der Waals surface area contributed by atoms with Crippen molar-refractivity contribution in [3.05, 3.63) is 47.5 Å². The van der Waals surface area contributed by atoms with Crippen molar-refractivity contribution in [1.29, 1.82) is 0 Å². The Hall–Kier alpha value is -1.68. The molecule has 0 atom stereocenters. The lowest BCUT2D eigenvalue weighted by molar-refractivity contribution is 0.331. The maximum Gasteiger partial charge on any atom is 0.191 e. The van der Waals surface area contributed by atoms with E-state index < -0.39 is 0 Å². The number of hydrogen-bond donors (Lipinski definition) is 2. The lowest BCUT2D eigenvalue weighted by Gasteiger charge is -2.14. The number of likely N-dealkylation sites (tertiary alicyclic amines) is 1. The summed E-state index contributed by atoms with van der Waals surface area (Å²) in [6.45, 7) is 10.6. The Morgan fingerprint density at radius 3 is 2.46 bits per heavy atom. The third kappa shape index (κ3) is 6.73. The summed E-state index contributed by atoms with van der Waals surface area (Å²) in [5, 5.41) is 14.7. The smallest absolute Gasteiger partial charge is 0.191 e. The molecule has 0 amide bonds. The summed E-state index contributed by atoms with van der Waals surface area (Å²) in [7, 11) is 0. The molecule has 0 radical (unpaired) electrons. The average molecular weight is 497 g/mol. The number of guanidine groups is 1. The van der Waals surface area contributed by atoms with Crippen LogP contribution in [0, 0.1) is 0 Å². The summed E-state index contributed by atoms with van der Waals surface area (Å²) < 4.78 is 2.02. The molecule has 0 unspecified atom stereocenters. The number of aromatic nitrogens is 3.